The molecule has 0 radical (unpaired) electrons. The van der Waals surface area contributed by atoms with E-state index in [0.717, 1.165) is 37.8 Å². The molecule has 1 N–H and O–H groups in total. The van der Waals surface area contributed by atoms with Gasteiger partial charge < -0.3 is 5.11 Å². The van der Waals surface area contributed by atoms with Gasteiger partial charge >= 0.3 is 5.97 Å². The summed E-state index contributed by atoms with van der Waals surface area (Å²) in [7, 11) is 0. The molecule has 3 nitrogen and oxygen atoms in total. The SMILES string of the molecule is CC1(C)CC(=C(C(=O)O)C2CCCCC2)CC(C)(C)N1Cc1ccccc1. The number of benzene rings is 1. The van der Waals surface area contributed by atoms with Gasteiger partial charge in [-0.3, -0.25) is 4.90 Å². The quantitative estimate of drug-likeness (QED) is 0.682. The van der Waals surface area contributed by atoms with E-state index in [4.69, 9.17) is 0 Å². The molecular formula is C24H35NO2. The van der Waals surface area contributed by atoms with Gasteiger partial charge in [0.15, 0.2) is 0 Å². The Morgan fingerprint density at radius 2 is 1.56 bits per heavy atom. The van der Waals surface area contributed by atoms with Crippen molar-refractivity contribution < 1.29 is 9.90 Å². The Hall–Kier alpha value is -1.61. The molecule has 1 saturated heterocycles. The predicted molar refractivity (Wildman–Crippen MR) is 111 cm³/mol. The van der Waals surface area contributed by atoms with Gasteiger partial charge in [-0.2, -0.15) is 0 Å². The first-order chi connectivity index (χ1) is 12.7. The number of hydrogen-bond acceptors (Lipinski definition) is 2. The van der Waals surface area contributed by atoms with Crippen molar-refractivity contribution in [3.05, 3.63) is 47.0 Å². The summed E-state index contributed by atoms with van der Waals surface area (Å²) in [4.78, 5) is 14.8. The fourth-order valence-corrected chi connectivity index (χ4v) is 5.51. The van der Waals surface area contributed by atoms with Crippen LogP contribution in [0.15, 0.2) is 41.5 Å². The first-order valence-corrected chi connectivity index (χ1v) is 10.5. The van der Waals surface area contributed by atoms with Gasteiger partial charge in [-0.05, 0) is 64.9 Å². The van der Waals surface area contributed by atoms with E-state index in [0.29, 0.717) is 0 Å². The van der Waals surface area contributed by atoms with Gasteiger partial charge in [-0.1, -0.05) is 55.2 Å². The molecule has 3 heteroatoms. The minimum absolute atomic E-state index is 0.0672. The zero-order valence-corrected chi connectivity index (χ0v) is 17.4. The summed E-state index contributed by atoms with van der Waals surface area (Å²) in [5.41, 5.74) is 3.12. The molecule has 27 heavy (non-hydrogen) atoms. The van der Waals surface area contributed by atoms with Crippen molar-refractivity contribution in [3.8, 4) is 0 Å². The lowest BCUT2D eigenvalue weighted by Gasteiger charge is -2.54. The zero-order chi connectivity index (χ0) is 19.7. The molecule has 0 amide bonds. The third-order valence-corrected chi connectivity index (χ3v) is 6.56. The third kappa shape index (κ3) is 4.45. The van der Waals surface area contributed by atoms with Crippen LogP contribution in [0.5, 0.6) is 0 Å². The number of carbonyl (C=O) groups is 1. The summed E-state index contributed by atoms with van der Waals surface area (Å²) in [5, 5.41) is 10.0. The van der Waals surface area contributed by atoms with Gasteiger partial charge in [0.05, 0.1) is 0 Å². The van der Waals surface area contributed by atoms with Crippen LogP contribution in [0, 0.1) is 5.92 Å². The molecule has 148 valence electrons. The van der Waals surface area contributed by atoms with Crippen LogP contribution in [0.4, 0.5) is 0 Å². The highest BCUT2D eigenvalue weighted by atomic mass is 16.4. The van der Waals surface area contributed by atoms with E-state index in [1.807, 2.05) is 0 Å². The lowest BCUT2D eigenvalue weighted by atomic mass is 9.72. The highest BCUT2D eigenvalue weighted by Gasteiger charge is 2.45. The van der Waals surface area contributed by atoms with E-state index in [1.54, 1.807) is 0 Å². The van der Waals surface area contributed by atoms with Gasteiger partial charge in [-0.15, -0.1) is 0 Å². The molecule has 1 saturated carbocycles. The monoisotopic (exact) mass is 369 g/mol. The number of carboxylic acids is 1. The maximum Gasteiger partial charge on any atom is 0.331 e. The van der Waals surface area contributed by atoms with Crippen LogP contribution >= 0.6 is 0 Å². The summed E-state index contributed by atoms with van der Waals surface area (Å²) in [6, 6.07) is 10.6. The van der Waals surface area contributed by atoms with Crippen LogP contribution in [0.25, 0.3) is 0 Å². The van der Waals surface area contributed by atoms with Gasteiger partial charge in [0.2, 0.25) is 0 Å². The number of likely N-dealkylation sites (tertiary alicyclic amines) is 1. The topological polar surface area (TPSA) is 40.5 Å². The smallest absolute Gasteiger partial charge is 0.331 e. The largest absolute Gasteiger partial charge is 0.478 e. The van der Waals surface area contributed by atoms with Crippen molar-refractivity contribution >= 4 is 5.97 Å². The molecule has 0 aromatic heterocycles. The molecule has 1 heterocycles. The Morgan fingerprint density at radius 3 is 2.07 bits per heavy atom. The van der Waals surface area contributed by atoms with E-state index >= 15 is 0 Å². The predicted octanol–water partition coefficient (Wildman–Crippen LogP) is 5.80. The molecule has 1 aromatic rings. The van der Waals surface area contributed by atoms with Crippen LogP contribution in [-0.2, 0) is 11.3 Å². The number of hydrogen-bond donors (Lipinski definition) is 1. The van der Waals surface area contributed by atoms with E-state index < -0.39 is 5.97 Å². The molecule has 0 unspecified atom stereocenters. The molecule has 2 aliphatic rings. The highest BCUT2D eigenvalue weighted by Crippen LogP contribution is 2.45. The van der Waals surface area contributed by atoms with Crippen LogP contribution in [-0.4, -0.2) is 27.1 Å². The average molecular weight is 370 g/mol. The van der Waals surface area contributed by atoms with Gasteiger partial charge in [0.25, 0.3) is 0 Å². The van der Waals surface area contributed by atoms with Crippen molar-refractivity contribution in [1.29, 1.82) is 0 Å². The Morgan fingerprint density at radius 1 is 1.00 bits per heavy atom. The molecule has 0 atom stereocenters. The number of nitrogens with zero attached hydrogens (tertiary/aromatic N) is 1. The summed E-state index contributed by atoms with van der Waals surface area (Å²) < 4.78 is 0. The van der Waals surface area contributed by atoms with Crippen molar-refractivity contribution in [2.24, 2.45) is 5.92 Å². The average Bonchev–Trinajstić information content (AvgIpc) is 2.59. The van der Waals surface area contributed by atoms with Crippen LogP contribution < -0.4 is 0 Å². The number of carboxylic acid groups (broad SMARTS) is 1. The van der Waals surface area contributed by atoms with E-state index in [-0.39, 0.29) is 17.0 Å². The molecule has 1 aromatic carbocycles. The first kappa shape index (κ1) is 20.1. The minimum Gasteiger partial charge on any atom is -0.478 e. The number of rotatable bonds is 4. The summed E-state index contributed by atoms with van der Waals surface area (Å²) in [6.07, 6.45) is 7.37. The number of aliphatic carboxylic acids is 1. The standard InChI is InChI=1S/C24H35NO2/c1-23(2)15-20(21(22(26)27)19-13-9-6-10-14-19)16-24(3,4)25(23)17-18-11-7-5-8-12-18/h5,7-8,11-12,19H,6,9-10,13-17H2,1-4H3,(H,26,27). The van der Waals surface area contributed by atoms with Gasteiger partial charge in [0.1, 0.15) is 0 Å². The van der Waals surface area contributed by atoms with Crippen LogP contribution in [0.2, 0.25) is 0 Å². The van der Waals surface area contributed by atoms with Crippen LogP contribution in [0.1, 0.15) is 78.2 Å². The summed E-state index contributed by atoms with van der Waals surface area (Å²) >= 11 is 0. The van der Waals surface area contributed by atoms with Crippen LogP contribution in [0.3, 0.4) is 0 Å². The normalized spacial score (nSPS) is 23.2. The fourth-order valence-electron chi connectivity index (χ4n) is 5.51. The van der Waals surface area contributed by atoms with Crippen molar-refractivity contribution in [3.63, 3.8) is 0 Å². The molecular weight excluding hydrogens is 334 g/mol. The highest BCUT2D eigenvalue weighted by molar-refractivity contribution is 5.88. The van der Waals surface area contributed by atoms with Gasteiger partial charge in [0, 0.05) is 23.2 Å². The van der Waals surface area contributed by atoms with E-state index in [2.05, 4.69) is 62.9 Å². The van der Waals surface area contributed by atoms with E-state index in [9.17, 15) is 9.90 Å². The van der Waals surface area contributed by atoms with Crippen molar-refractivity contribution in [2.45, 2.75) is 90.3 Å². The maximum absolute atomic E-state index is 12.2. The van der Waals surface area contributed by atoms with E-state index in [1.165, 1.54) is 30.4 Å². The van der Waals surface area contributed by atoms with Gasteiger partial charge in [-0.25, -0.2) is 4.79 Å². The zero-order valence-electron chi connectivity index (χ0n) is 17.4. The maximum atomic E-state index is 12.2. The fraction of sp³-hybridized carbons (Fsp3) is 0.625. The molecule has 3 rings (SSSR count). The molecule has 1 aliphatic heterocycles. The molecule has 2 fully saturated rings. The first-order valence-electron chi connectivity index (χ1n) is 10.5. The summed E-state index contributed by atoms with van der Waals surface area (Å²) in [5.74, 6) is -0.432. The molecule has 1 aliphatic carbocycles. The van der Waals surface area contributed by atoms with Crippen molar-refractivity contribution in [1.82, 2.24) is 4.90 Å². The lowest BCUT2D eigenvalue weighted by Crippen LogP contribution is -2.58. The molecule has 0 bridgehead atoms. The minimum atomic E-state index is -0.681. The Bertz CT molecular complexity index is 676. The Kier molecular flexibility index (Phi) is 5.81. The Labute approximate surface area is 164 Å². The second-order valence-corrected chi connectivity index (χ2v) is 9.71. The third-order valence-electron chi connectivity index (χ3n) is 6.56. The molecule has 0 spiro atoms. The second kappa shape index (κ2) is 7.79. The summed E-state index contributed by atoms with van der Waals surface area (Å²) in [6.45, 7) is 10.0. The van der Waals surface area contributed by atoms with Crippen molar-refractivity contribution in [2.75, 3.05) is 0 Å². The second-order valence-electron chi connectivity index (χ2n) is 9.71. The lowest BCUT2D eigenvalue weighted by molar-refractivity contribution is -0.133. The Balaban J connectivity index is 1.92. The number of piperidine rings is 1.